The molecule has 0 unspecified atom stereocenters. The van der Waals surface area contributed by atoms with Crippen LogP contribution in [0.1, 0.15) is 16.7 Å². The minimum Gasteiger partial charge on any atom is -0.888 e. The molecule has 1 heterocycles. The molecule has 0 aliphatic rings. The molecule has 0 fully saturated rings. The standard InChI is InChI=1S/C8H10BNO2.2Li/c1-5-4-10-8(9(11)12)7(3)6(5)2;;/h4H,1-3H3;;/q-2;2*+1. The second kappa shape index (κ2) is 6.75. The van der Waals surface area contributed by atoms with Gasteiger partial charge in [0.25, 0.3) is 0 Å². The zero-order valence-electron chi connectivity index (χ0n) is 9.42. The van der Waals surface area contributed by atoms with Crippen LogP contribution in [0.5, 0.6) is 0 Å². The fourth-order valence-electron chi connectivity index (χ4n) is 1.09. The Morgan fingerprint density at radius 3 is 2.00 bits per heavy atom. The molecule has 0 saturated heterocycles. The Hall–Kier alpha value is 0.330. The van der Waals surface area contributed by atoms with Gasteiger partial charge in [-0.1, -0.05) is 0 Å². The van der Waals surface area contributed by atoms with Crippen LogP contribution in [0.15, 0.2) is 6.20 Å². The molecular weight excluding hydrogens is 167 g/mol. The third-order valence-electron chi connectivity index (χ3n) is 2.16. The van der Waals surface area contributed by atoms with Gasteiger partial charge in [0.15, 0.2) is 0 Å². The summed E-state index contributed by atoms with van der Waals surface area (Å²) in [5.74, 6) is 0. The molecule has 3 nitrogen and oxygen atoms in total. The van der Waals surface area contributed by atoms with Crippen LogP contribution in [0.3, 0.4) is 0 Å². The monoisotopic (exact) mass is 177 g/mol. The summed E-state index contributed by atoms with van der Waals surface area (Å²) in [5.41, 5.74) is 2.84. The average molecular weight is 177 g/mol. The van der Waals surface area contributed by atoms with Gasteiger partial charge in [0.2, 0.25) is 0 Å². The molecule has 1 aromatic rings. The molecule has 6 heteroatoms. The Kier molecular flexibility index (Phi) is 8.07. The van der Waals surface area contributed by atoms with E-state index in [0.717, 1.165) is 16.7 Å². The van der Waals surface area contributed by atoms with E-state index in [1.165, 1.54) is 0 Å². The Morgan fingerprint density at radius 1 is 1.07 bits per heavy atom. The predicted octanol–water partition coefficient (Wildman–Crippen LogP) is -7.57. The summed E-state index contributed by atoms with van der Waals surface area (Å²) < 4.78 is 0. The predicted molar refractivity (Wildman–Crippen MR) is 43.8 cm³/mol. The van der Waals surface area contributed by atoms with Crippen LogP contribution in [0.2, 0.25) is 0 Å². The number of hydrogen-bond acceptors (Lipinski definition) is 3. The molecule has 64 valence electrons. The van der Waals surface area contributed by atoms with Crippen LogP contribution in [0, 0.1) is 20.8 Å². The molecule has 14 heavy (non-hydrogen) atoms. The first-order valence-electron chi connectivity index (χ1n) is 3.78. The van der Waals surface area contributed by atoms with Crippen molar-refractivity contribution in [2.75, 3.05) is 0 Å². The third-order valence-corrected chi connectivity index (χ3v) is 2.16. The Bertz CT molecular complexity index is 308. The molecule has 0 atom stereocenters. The minimum atomic E-state index is -1.97. The second-order valence-corrected chi connectivity index (χ2v) is 2.91. The van der Waals surface area contributed by atoms with Crippen LogP contribution in [-0.2, 0) is 0 Å². The van der Waals surface area contributed by atoms with Crippen molar-refractivity contribution in [2.45, 2.75) is 20.8 Å². The van der Waals surface area contributed by atoms with E-state index < -0.39 is 7.12 Å². The first-order chi connectivity index (χ1) is 5.54. The first-order valence-corrected chi connectivity index (χ1v) is 3.78. The zero-order valence-corrected chi connectivity index (χ0v) is 9.42. The molecule has 1 rings (SSSR count). The van der Waals surface area contributed by atoms with Crippen LogP contribution in [0.4, 0.5) is 0 Å². The SMILES string of the molecule is Cc1cnc(B([O-])[O-])c(C)c1C.[Li+].[Li+]. The molecule has 0 bridgehead atoms. The first kappa shape index (κ1) is 16.7. The van der Waals surface area contributed by atoms with Crippen molar-refractivity contribution in [3.05, 3.63) is 22.9 Å². The van der Waals surface area contributed by atoms with E-state index in [9.17, 15) is 10.0 Å². The number of rotatable bonds is 1. The molecule has 0 aromatic carbocycles. The van der Waals surface area contributed by atoms with Crippen LogP contribution < -0.4 is 53.4 Å². The van der Waals surface area contributed by atoms with Gasteiger partial charge in [-0.3, -0.25) is 4.98 Å². The maximum absolute atomic E-state index is 10.6. The van der Waals surface area contributed by atoms with Gasteiger partial charge in [-0.05, 0) is 50.2 Å². The zero-order chi connectivity index (χ0) is 9.30. The molecule has 1 aromatic heterocycles. The summed E-state index contributed by atoms with van der Waals surface area (Å²) in [4.78, 5) is 3.81. The molecule has 0 aliphatic heterocycles. The van der Waals surface area contributed by atoms with E-state index in [-0.39, 0.29) is 43.3 Å². The quantitative estimate of drug-likeness (QED) is 0.400. The fraction of sp³-hybridized carbons (Fsp3) is 0.375. The smallest absolute Gasteiger partial charge is 0.888 e. The largest absolute Gasteiger partial charge is 1.00 e. The molecule has 0 amide bonds. The Morgan fingerprint density at radius 2 is 1.57 bits per heavy atom. The van der Waals surface area contributed by atoms with E-state index >= 15 is 0 Å². The van der Waals surface area contributed by atoms with Crippen molar-refractivity contribution in [3.8, 4) is 0 Å². The number of aryl methyl sites for hydroxylation is 1. The number of nitrogens with zero attached hydrogens (tertiary/aromatic N) is 1. The molecule has 0 aliphatic carbocycles. The number of hydrogen-bond donors (Lipinski definition) is 0. The van der Waals surface area contributed by atoms with E-state index in [1.807, 2.05) is 13.8 Å². The summed E-state index contributed by atoms with van der Waals surface area (Å²) in [7, 11) is -1.97. The van der Waals surface area contributed by atoms with Gasteiger partial charge in [0.1, 0.15) is 0 Å². The summed E-state index contributed by atoms with van der Waals surface area (Å²) >= 11 is 0. The second-order valence-electron chi connectivity index (χ2n) is 2.91. The maximum atomic E-state index is 10.6. The van der Waals surface area contributed by atoms with E-state index in [1.54, 1.807) is 13.1 Å². The molecular formula is C8H10BLi2NO2. The van der Waals surface area contributed by atoms with Gasteiger partial charge >= 0.3 is 37.7 Å². The summed E-state index contributed by atoms with van der Waals surface area (Å²) in [5, 5.41) is 21.2. The fourth-order valence-corrected chi connectivity index (χ4v) is 1.09. The minimum absolute atomic E-state index is 0. The van der Waals surface area contributed by atoms with Crippen LogP contribution in [0.25, 0.3) is 0 Å². The normalized spacial score (nSPS) is 8.64. The molecule has 0 N–H and O–H groups in total. The topological polar surface area (TPSA) is 59.0 Å². The van der Waals surface area contributed by atoms with Crippen molar-refractivity contribution in [1.29, 1.82) is 0 Å². The average Bonchev–Trinajstić information content (AvgIpc) is 2.00. The van der Waals surface area contributed by atoms with Crippen molar-refractivity contribution >= 4 is 12.7 Å². The van der Waals surface area contributed by atoms with Gasteiger partial charge in [-0.2, -0.15) is 0 Å². The van der Waals surface area contributed by atoms with Gasteiger partial charge in [-0.15, -0.1) is 0 Å². The Balaban J connectivity index is 0. The van der Waals surface area contributed by atoms with E-state index in [2.05, 4.69) is 4.98 Å². The van der Waals surface area contributed by atoms with Gasteiger partial charge in [-0.25, -0.2) is 0 Å². The van der Waals surface area contributed by atoms with Gasteiger partial charge in [0, 0.05) is 6.20 Å². The Labute approximate surface area is 109 Å². The van der Waals surface area contributed by atoms with E-state index in [4.69, 9.17) is 0 Å². The number of pyridine rings is 1. The van der Waals surface area contributed by atoms with Crippen molar-refractivity contribution in [2.24, 2.45) is 0 Å². The molecule has 0 spiro atoms. The van der Waals surface area contributed by atoms with Crippen LogP contribution in [-0.4, -0.2) is 12.1 Å². The molecule has 0 saturated carbocycles. The summed E-state index contributed by atoms with van der Waals surface area (Å²) in [6.45, 7) is 5.55. The van der Waals surface area contributed by atoms with Crippen molar-refractivity contribution in [1.82, 2.24) is 4.98 Å². The van der Waals surface area contributed by atoms with Gasteiger partial charge in [0.05, 0.1) is 0 Å². The van der Waals surface area contributed by atoms with Crippen LogP contribution >= 0.6 is 0 Å². The maximum Gasteiger partial charge on any atom is 1.00 e. The summed E-state index contributed by atoms with van der Waals surface area (Å²) in [6, 6.07) is 0. The van der Waals surface area contributed by atoms with Crippen molar-refractivity contribution < 1.29 is 47.8 Å². The van der Waals surface area contributed by atoms with Crippen molar-refractivity contribution in [3.63, 3.8) is 0 Å². The third kappa shape index (κ3) is 3.48. The number of aromatic nitrogens is 1. The summed E-state index contributed by atoms with van der Waals surface area (Å²) in [6.07, 6.45) is 1.57. The molecule has 0 radical (unpaired) electrons. The van der Waals surface area contributed by atoms with Gasteiger partial charge < -0.3 is 10.0 Å². The van der Waals surface area contributed by atoms with E-state index in [0.29, 0.717) is 0 Å².